The van der Waals surface area contributed by atoms with Crippen molar-refractivity contribution in [2.24, 2.45) is 0 Å². The zero-order valence-electron chi connectivity index (χ0n) is 11.5. The van der Waals surface area contributed by atoms with E-state index in [0.29, 0.717) is 16.6 Å². The molecule has 2 atom stereocenters. The van der Waals surface area contributed by atoms with E-state index in [9.17, 15) is 5.26 Å². The van der Waals surface area contributed by atoms with Crippen molar-refractivity contribution < 1.29 is 4.74 Å². The Morgan fingerprint density at radius 3 is 3.15 bits per heavy atom. The van der Waals surface area contributed by atoms with Crippen molar-refractivity contribution in [2.45, 2.75) is 19.1 Å². The summed E-state index contributed by atoms with van der Waals surface area (Å²) in [6.07, 6.45) is 0.0358. The number of hydrogen-bond donors (Lipinski definition) is 1. The number of nitrogens with one attached hydrogen (secondary N) is 1. The van der Waals surface area contributed by atoms with Crippen molar-refractivity contribution in [3.8, 4) is 6.07 Å². The minimum Gasteiger partial charge on any atom is -0.370 e. The van der Waals surface area contributed by atoms with E-state index < -0.39 is 0 Å². The molecular weight excluding hydrogens is 274 g/mol. The van der Waals surface area contributed by atoms with Crippen LogP contribution < -0.4 is 5.32 Å². The topological polar surface area (TPSA) is 48.3 Å². The zero-order chi connectivity index (χ0) is 14.1. The number of hydrogen-bond acceptors (Lipinski definition) is 4. The summed E-state index contributed by atoms with van der Waals surface area (Å²) in [6.45, 7) is 6.67. The summed E-state index contributed by atoms with van der Waals surface area (Å²) < 4.78 is 6.02. The van der Waals surface area contributed by atoms with E-state index in [4.69, 9.17) is 16.3 Å². The van der Waals surface area contributed by atoms with Gasteiger partial charge in [-0.05, 0) is 24.1 Å². The van der Waals surface area contributed by atoms with Crippen molar-refractivity contribution in [3.05, 3.63) is 33.8 Å². The molecule has 2 heterocycles. The van der Waals surface area contributed by atoms with Crippen LogP contribution in [0.4, 0.5) is 0 Å². The number of nitriles is 1. The average Bonchev–Trinajstić information content (AvgIpc) is 2.47. The van der Waals surface area contributed by atoms with E-state index in [-0.39, 0.29) is 6.10 Å². The van der Waals surface area contributed by atoms with Crippen molar-refractivity contribution in [1.29, 1.82) is 5.26 Å². The highest BCUT2D eigenvalue weighted by Gasteiger charge is 2.32. The fraction of sp³-hybridized carbons (Fsp3) is 0.533. The molecule has 3 rings (SSSR count). The van der Waals surface area contributed by atoms with Gasteiger partial charge < -0.3 is 10.1 Å². The largest absolute Gasteiger partial charge is 0.370 e. The molecule has 1 N–H and O–H groups in total. The van der Waals surface area contributed by atoms with Crippen molar-refractivity contribution in [2.75, 3.05) is 32.8 Å². The van der Waals surface area contributed by atoms with Gasteiger partial charge in [0.15, 0.2) is 0 Å². The molecule has 2 saturated heterocycles. The molecule has 0 bridgehead atoms. The van der Waals surface area contributed by atoms with E-state index >= 15 is 0 Å². The number of benzene rings is 1. The normalized spacial score (nSPS) is 26.9. The fourth-order valence-electron chi connectivity index (χ4n) is 3.07. The monoisotopic (exact) mass is 291 g/mol. The second-order valence-corrected chi connectivity index (χ2v) is 5.83. The Bertz CT molecular complexity index is 555. The molecule has 2 fully saturated rings. The zero-order valence-corrected chi connectivity index (χ0v) is 12.3. The summed E-state index contributed by atoms with van der Waals surface area (Å²) in [5.41, 5.74) is 2.59. The lowest BCUT2D eigenvalue weighted by atomic mass is 9.96. The fourth-order valence-corrected chi connectivity index (χ4v) is 3.32. The lowest BCUT2D eigenvalue weighted by Gasteiger charge is -2.43. The minimum absolute atomic E-state index is 0.0358. The Morgan fingerprint density at radius 1 is 1.50 bits per heavy atom. The van der Waals surface area contributed by atoms with Crippen LogP contribution in [-0.4, -0.2) is 43.7 Å². The third kappa shape index (κ3) is 2.43. The maximum absolute atomic E-state index is 9.22. The van der Waals surface area contributed by atoms with Crippen LogP contribution in [0.2, 0.25) is 5.02 Å². The summed E-state index contributed by atoms with van der Waals surface area (Å²) in [5.74, 6) is 0. The number of rotatable bonds is 1. The van der Waals surface area contributed by atoms with Gasteiger partial charge in [-0.15, -0.1) is 0 Å². The SMILES string of the molecule is Cc1c(C2CN3CCNCC3CO2)ccc(Cl)c1C#N. The first-order chi connectivity index (χ1) is 9.70. The number of fused-ring (bicyclic) bond motifs is 1. The van der Waals surface area contributed by atoms with Gasteiger partial charge in [-0.1, -0.05) is 17.7 Å². The first-order valence-electron chi connectivity index (χ1n) is 6.96. The highest BCUT2D eigenvalue weighted by Crippen LogP contribution is 2.31. The van der Waals surface area contributed by atoms with Crippen LogP contribution >= 0.6 is 11.6 Å². The first-order valence-corrected chi connectivity index (χ1v) is 7.34. The van der Waals surface area contributed by atoms with Crippen LogP contribution in [0.1, 0.15) is 22.8 Å². The summed E-state index contributed by atoms with van der Waals surface area (Å²) in [4.78, 5) is 2.48. The van der Waals surface area contributed by atoms with Gasteiger partial charge in [-0.2, -0.15) is 5.26 Å². The van der Waals surface area contributed by atoms with Crippen LogP contribution in [0, 0.1) is 18.3 Å². The van der Waals surface area contributed by atoms with Crippen LogP contribution in [-0.2, 0) is 4.74 Å². The number of halogens is 1. The van der Waals surface area contributed by atoms with Crippen LogP contribution in [0.3, 0.4) is 0 Å². The van der Waals surface area contributed by atoms with Gasteiger partial charge in [0.25, 0.3) is 0 Å². The molecule has 106 valence electrons. The maximum atomic E-state index is 9.22. The van der Waals surface area contributed by atoms with Gasteiger partial charge >= 0.3 is 0 Å². The number of ether oxygens (including phenoxy) is 1. The van der Waals surface area contributed by atoms with Crippen molar-refractivity contribution >= 4 is 11.6 Å². The molecule has 0 aromatic heterocycles. The summed E-state index contributed by atoms with van der Waals surface area (Å²) in [6, 6.07) is 6.46. The van der Waals surface area contributed by atoms with E-state index in [2.05, 4.69) is 16.3 Å². The lowest BCUT2D eigenvalue weighted by molar-refractivity contribution is -0.0720. The Hall–Kier alpha value is -1.12. The van der Waals surface area contributed by atoms with E-state index in [0.717, 1.165) is 43.9 Å². The third-order valence-electron chi connectivity index (χ3n) is 4.28. The molecule has 0 saturated carbocycles. The van der Waals surface area contributed by atoms with Crippen molar-refractivity contribution in [3.63, 3.8) is 0 Å². The first kappa shape index (κ1) is 13.8. The Morgan fingerprint density at radius 2 is 2.35 bits per heavy atom. The van der Waals surface area contributed by atoms with Crippen molar-refractivity contribution in [1.82, 2.24) is 10.2 Å². The highest BCUT2D eigenvalue weighted by molar-refractivity contribution is 6.31. The highest BCUT2D eigenvalue weighted by atomic mass is 35.5. The molecule has 1 aromatic rings. The van der Waals surface area contributed by atoms with Gasteiger partial charge in [0.1, 0.15) is 6.07 Å². The number of nitrogens with zero attached hydrogens (tertiary/aromatic N) is 2. The molecule has 2 unspecified atom stereocenters. The second-order valence-electron chi connectivity index (χ2n) is 5.42. The van der Waals surface area contributed by atoms with Gasteiger partial charge in [0, 0.05) is 32.2 Å². The molecule has 1 aromatic carbocycles. The van der Waals surface area contributed by atoms with Gasteiger partial charge in [-0.25, -0.2) is 0 Å². The molecule has 2 aliphatic heterocycles. The standard InChI is InChI=1S/C15H18ClN3O/c1-10-12(2-3-14(16)13(10)6-17)15-8-19-5-4-18-7-11(19)9-20-15/h2-3,11,15,18H,4-5,7-9H2,1H3. The van der Waals surface area contributed by atoms with Crippen LogP contribution in [0.25, 0.3) is 0 Å². The second kappa shape index (κ2) is 5.71. The van der Waals surface area contributed by atoms with Crippen LogP contribution in [0.5, 0.6) is 0 Å². The molecule has 0 amide bonds. The number of morpholine rings is 1. The Labute approximate surface area is 124 Å². The Balaban J connectivity index is 1.85. The van der Waals surface area contributed by atoms with E-state index in [1.165, 1.54) is 0 Å². The quantitative estimate of drug-likeness (QED) is 0.858. The molecule has 20 heavy (non-hydrogen) atoms. The van der Waals surface area contributed by atoms with Gasteiger partial charge in [0.2, 0.25) is 0 Å². The Kier molecular flexibility index (Phi) is 3.95. The smallest absolute Gasteiger partial charge is 0.101 e. The predicted octanol–water partition coefficient (Wildman–Crippen LogP) is 1.87. The molecule has 0 spiro atoms. The average molecular weight is 292 g/mol. The summed E-state index contributed by atoms with van der Waals surface area (Å²) >= 11 is 6.07. The predicted molar refractivity (Wildman–Crippen MR) is 77.8 cm³/mol. The minimum atomic E-state index is 0.0358. The van der Waals surface area contributed by atoms with E-state index in [1.54, 1.807) is 6.07 Å². The molecule has 5 heteroatoms. The van der Waals surface area contributed by atoms with Crippen LogP contribution in [0.15, 0.2) is 12.1 Å². The van der Waals surface area contributed by atoms with Gasteiger partial charge in [0.05, 0.1) is 23.3 Å². The van der Waals surface area contributed by atoms with E-state index in [1.807, 2.05) is 13.0 Å². The molecule has 0 radical (unpaired) electrons. The summed E-state index contributed by atoms with van der Waals surface area (Å²) in [5, 5.41) is 13.1. The molecule has 4 nitrogen and oxygen atoms in total. The molecule has 0 aliphatic carbocycles. The molecular formula is C15H18ClN3O. The van der Waals surface area contributed by atoms with Gasteiger partial charge in [-0.3, -0.25) is 4.90 Å². The molecule has 2 aliphatic rings. The summed E-state index contributed by atoms with van der Waals surface area (Å²) in [7, 11) is 0. The maximum Gasteiger partial charge on any atom is 0.101 e. The lowest BCUT2D eigenvalue weighted by Crippen LogP contribution is -2.57. The third-order valence-corrected chi connectivity index (χ3v) is 4.59. The number of piperazine rings is 1.